The van der Waals surface area contributed by atoms with Crippen molar-refractivity contribution in [1.29, 1.82) is 0 Å². The molecule has 92 valence electrons. The van der Waals surface area contributed by atoms with Gasteiger partial charge in [-0.3, -0.25) is 4.79 Å². The molecule has 3 nitrogen and oxygen atoms in total. The van der Waals surface area contributed by atoms with Crippen molar-refractivity contribution < 1.29 is 9.53 Å². The number of rotatable bonds is 2. The van der Waals surface area contributed by atoms with E-state index in [9.17, 15) is 4.79 Å². The minimum atomic E-state index is 0.0575. The lowest BCUT2D eigenvalue weighted by Crippen LogP contribution is -2.40. The third kappa shape index (κ3) is 2.99. The van der Waals surface area contributed by atoms with Crippen molar-refractivity contribution in [2.75, 3.05) is 20.2 Å². The summed E-state index contributed by atoms with van der Waals surface area (Å²) in [4.78, 5) is 14.0. The third-order valence-electron chi connectivity index (χ3n) is 3.13. The van der Waals surface area contributed by atoms with Crippen LogP contribution in [0, 0.1) is 0 Å². The molecule has 0 radical (unpaired) electrons. The van der Waals surface area contributed by atoms with Crippen LogP contribution in [0.3, 0.4) is 0 Å². The summed E-state index contributed by atoms with van der Waals surface area (Å²) in [6.45, 7) is 1.51. The summed E-state index contributed by atoms with van der Waals surface area (Å²) in [6, 6.07) is 7.09. The average Bonchev–Trinajstić information content (AvgIpc) is 2.38. The molecule has 1 amide bonds. The maximum absolute atomic E-state index is 12.2. The SMILES string of the molecule is COC1CCN(C(=O)c2cccc(Cl)c2)CC1. The van der Waals surface area contributed by atoms with Crippen molar-refractivity contribution in [3.8, 4) is 0 Å². The van der Waals surface area contributed by atoms with Crippen LogP contribution in [-0.2, 0) is 4.74 Å². The zero-order valence-corrected chi connectivity index (χ0v) is 10.6. The van der Waals surface area contributed by atoms with E-state index in [4.69, 9.17) is 16.3 Å². The minimum absolute atomic E-state index is 0.0575. The Bertz CT molecular complexity index is 400. The van der Waals surface area contributed by atoms with Crippen LogP contribution in [0.25, 0.3) is 0 Å². The summed E-state index contributed by atoms with van der Waals surface area (Å²) in [7, 11) is 1.72. The van der Waals surface area contributed by atoms with Gasteiger partial charge in [0.25, 0.3) is 5.91 Å². The lowest BCUT2D eigenvalue weighted by molar-refractivity contribution is 0.0351. The van der Waals surface area contributed by atoms with Crippen LogP contribution in [0.1, 0.15) is 23.2 Å². The quantitative estimate of drug-likeness (QED) is 0.811. The number of ether oxygens (including phenoxy) is 1. The molecule has 0 aliphatic carbocycles. The van der Waals surface area contributed by atoms with Gasteiger partial charge in [-0.25, -0.2) is 0 Å². The summed E-state index contributed by atoms with van der Waals surface area (Å²) in [5.41, 5.74) is 0.661. The molecule has 1 fully saturated rings. The highest BCUT2D eigenvalue weighted by Gasteiger charge is 2.23. The molecule has 1 heterocycles. The second-order valence-electron chi connectivity index (χ2n) is 4.24. The number of benzene rings is 1. The van der Waals surface area contributed by atoms with Crippen LogP contribution in [0.4, 0.5) is 0 Å². The molecule has 1 aromatic carbocycles. The first-order valence-corrected chi connectivity index (χ1v) is 6.16. The van der Waals surface area contributed by atoms with Gasteiger partial charge in [-0.05, 0) is 31.0 Å². The minimum Gasteiger partial charge on any atom is -0.381 e. The number of hydrogen-bond donors (Lipinski definition) is 0. The molecule has 0 saturated carbocycles. The molecule has 0 N–H and O–H groups in total. The fourth-order valence-electron chi connectivity index (χ4n) is 2.10. The molecule has 1 saturated heterocycles. The maximum atomic E-state index is 12.2. The number of likely N-dealkylation sites (tertiary alicyclic amines) is 1. The summed E-state index contributed by atoms with van der Waals surface area (Å²) >= 11 is 5.88. The molecule has 0 aromatic heterocycles. The zero-order chi connectivity index (χ0) is 12.3. The Morgan fingerprint density at radius 1 is 1.41 bits per heavy atom. The van der Waals surface area contributed by atoms with E-state index in [2.05, 4.69) is 0 Å². The van der Waals surface area contributed by atoms with Crippen LogP contribution in [0.15, 0.2) is 24.3 Å². The number of halogens is 1. The first kappa shape index (κ1) is 12.4. The summed E-state index contributed by atoms with van der Waals surface area (Å²) < 4.78 is 5.28. The van der Waals surface area contributed by atoms with E-state index in [0.29, 0.717) is 16.7 Å². The highest BCUT2D eigenvalue weighted by Crippen LogP contribution is 2.17. The lowest BCUT2D eigenvalue weighted by Gasteiger charge is -2.31. The molecule has 0 atom stereocenters. The maximum Gasteiger partial charge on any atom is 0.253 e. The number of amides is 1. The Labute approximate surface area is 106 Å². The predicted molar refractivity (Wildman–Crippen MR) is 67.4 cm³/mol. The topological polar surface area (TPSA) is 29.5 Å². The monoisotopic (exact) mass is 253 g/mol. The Balaban J connectivity index is 2.02. The fourth-order valence-corrected chi connectivity index (χ4v) is 2.29. The third-order valence-corrected chi connectivity index (χ3v) is 3.37. The number of carbonyl (C=O) groups is 1. The molecule has 4 heteroatoms. The molecule has 0 spiro atoms. The van der Waals surface area contributed by atoms with E-state index < -0.39 is 0 Å². The molecule has 0 unspecified atom stereocenters. The molecule has 1 aromatic rings. The molecule has 2 rings (SSSR count). The fraction of sp³-hybridized carbons (Fsp3) is 0.462. The van der Waals surface area contributed by atoms with Gasteiger partial charge < -0.3 is 9.64 Å². The van der Waals surface area contributed by atoms with E-state index in [0.717, 1.165) is 25.9 Å². The van der Waals surface area contributed by atoms with Crippen LogP contribution >= 0.6 is 11.6 Å². The first-order chi connectivity index (χ1) is 8.20. The molecular weight excluding hydrogens is 238 g/mol. The van der Waals surface area contributed by atoms with E-state index in [-0.39, 0.29) is 5.91 Å². The Morgan fingerprint density at radius 3 is 2.71 bits per heavy atom. The normalized spacial score (nSPS) is 17.2. The van der Waals surface area contributed by atoms with Crippen molar-refractivity contribution in [3.05, 3.63) is 34.9 Å². The number of methoxy groups -OCH3 is 1. The molecular formula is C13H16ClNO2. The second kappa shape index (κ2) is 5.52. The van der Waals surface area contributed by atoms with E-state index in [1.54, 1.807) is 31.4 Å². The van der Waals surface area contributed by atoms with Gasteiger partial charge >= 0.3 is 0 Å². The van der Waals surface area contributed by atoms with Crippen LogP contribution in [-0.4, -0.2) is 37.1 Å². The van der Waals surface area contributed by atoms with Gasteiger partial charge in [0.2, 0.25) is 0 Å². The molecule has 0 bridgehead atoms. The number of carbonyl (C=O) groups excluding carboxylic acids is 1. The predicted octanol–water partition coefficient (Wildman–Crippen LogP) is 2.59. The van der Waals surface area contributed by atoms with Gasteiger partial charge in [0.15, 0.2) is 0 Å². The standard InChI is InChI=1S/C13H16ClNO2/c1-17-12-5-7-15(8-6-12)13(16)10-3-2-4-11(14)9-10/h2-4,9,12H,5-8H2,1H3. The van der Waals surface area contributed by atoms with Crippen molar-refractivity contribution in [1.82, 2.24) is 4.90 Å². The van der Waals surface area contributed by atoms with Crippen molar-refractivity contribution >= 4 is 17.5 Å². The molecule has 1 aliphatic heterocycles. The van der Waals surface area contributed by atoms with Crippen molar-refractivity contribution in [3.63, 3.8) is 0 Å². The van der Waals surface area contributed by atoms with Crippen molar-refractivity contribution in [2.45, 2.75) is 18.9 Å². The summed E-state index contributed by atoms with van der Waals surface area (Å²) in [5.74, 6) is 0.0575. The van der Waals surface area contributed by atoms with Crippen LogP contribution in [0.2, 0.25) is 5.02 Å². The summed E-state index contributed by atoms with van der Waals surface area (Å²) in [6.07, 6.45) is 2.10. The number of nitrogens with zero attached hydrogens (tertiary/aromatic N) is 1. The zero-order valence-electron chi connectivity index (χ0n) is 9.86. The van der Waals surface area contributed by atoms with Gasteiger partial charge in [0.05, 0.1) is 6.10 Å². The Kier molecular flexibility index (Phi) is 4.02. The van der Waals surface area contributed by atoms with Gasteiger partial charge in [-0.1, -0.05) is 17.7 Å². The van der Waals surface area contributed by atoms with Crippen LogP contribution < -0.4 is 0 Å². The first-order valence-electron chi connectivity index (χ1n) is 5.78. The van der Waals surface area contributed by atoms with Gasteiger partial charge in [-0.15, -0.1) is 0 Å². The van der Waals surface area contributed by atoms with E-state index in [1.807, 2.05) is 4.90 Å². The van der Waals surface area contributed by atoms with E-state index in [1.165, 1.54) is 0 Å². The number of piperidine rings is 1. The Hall–Kier alpha value is -1.06. The Morgan fingerprint density at radius 2 is 2.12 bits per heavy atom. The van der Waals surface area contributed by atoms with Gasteiger partial charge in [0.1, 0.15) is 0 Å². The lowest BCUT2D eigenvalue weighted by atomic mass is 10.1. The molecule has 17 heavy (non-hydrogen) atoms. The van der Waals surface area contributed by atoms with Gasteiger partial charge in [-0.2, -0.15) is 0 Å². The average molecular weight is 254 g/mol. The highest BCUT2D eigenvalue weighted by atomic mass is 35.5. The largest absolute Gasteiger partial charge is 0.381 e. The molecule has 1 aliphatic rings. The summed E-state index contributed by atoms with van der Waals surface area (Å²) in [5, 5.41) is 0.600. The van der Waals surface area contributed by atoms with Gasteiger partial charge in [0, 0.05) is 30.8 Å². The highest BCUT2D eigenvalue weighted by molar-refractivity contribution is 6.30. The van der Waals surface area contributed by atoms with Crippen molar-refractivity contribution in [2.24, 2.45) is 0 Å². The number of hydrogen-bond acceptors (Lipinski definition) is 2. The smallest absolute Gasteiger partial charge is 0.253 e. The second-order valence-corrected chi connectivity index (χ2v) is 4.67. The van der Waals surface area contributed by atoms with Crippen LogP contribution in [0.5, 0.6) is 0 Å². The van der Waals surface area contributed by atoms with E-state index >= 15 is 0 Å².